The highest BCUT2D eigenvalue weighted by Crippen LogP contribution is 2.25. The topological polar surface area (TPSA) is 79.6 Å². The normalized spacial score (nSPS) is 22.3. The van der Waals surface area contributed by atoms with Gasteiger partial charge in [0.25, 0.3) is 0 Å². The van der Waals surface area contributed by atoms with Gasteiger partial charge in [-0.2, -0.15) is 5.26 Å². The number of rotatable bonds is 4. The van der Waals surface area contributed by atoms with Gasteiger partial charge in [0.05, 0.1) is 18.9 Å². The minimum atomic E-state index is 0.259. The van der Waals surface area contributed by atoms with Crippen LogP contribution in [-0.2, 0) is 4.79 Å². The fraction of sp³-hybridized carbons (Fsp3) is 0.684. The molecule has 1 aliphatic carbocycles. The first-order valence-electron chi connectivity index (χ1n) is 9.94. The highest BCUT2D eigenvalue weighted by atomic mass is 16.2. The molecule has 8 nitrogen and oxygen atoms in total. The molecule has 3 fully saturated rings. The first-order valence-corrected chi connectivity index (χ1v) is 9.94. The number of carbonyl (C=O) groups excluding carboxylic acids is 1. The molecule has 8 heteroatoms. The Hall–Kier alpha value is -2.24. The number of anilines is 1. The minimum Gasteiger partial charge on any atom is -0.353 e. The third-order valence-corrected chi connectivity index (χ3v) is 6.07. The molecule has 0 unspecified atom stereocenters. The van der Waals surface area contributed by atoms with Crippen LogP contribution in [-0.4, -0.2) is 95.5 Å². The summed E-state index contributed by atoms with van der Waals surface area (Å²) in [5.74, 6) is 1.06. The summed E-state index contributed by atoms with van der Waals surface area (Å²) < 4.78 is 0. The number of hydrogen-bond donors (Lipinski definition) is 0. The van der Waals surface area contributed by atoms with E-state index in [1.54, 1.807) is 6.20 Å². The van der Waals surface area contributed by atoms with Crippen LogP contribution >= 0.6 is 0 Å². The lowest BCUT2D eigenvalue weighted by Crippen LogP contribution is -2.56. The van der Waals surface area contributed by atoms with Gasteiger partial charge < -0.3 is 9.80 Å². The molecule has 0 bridgehead atoms. The van der Waals surface area contributed by atoms with Gasteiger partial charge in [-0.1, -0.05) is 6.42 Å². The van der Waals surface area contributed by atoms with Gasteiger partial charge in [0.1, 0.15) is 11.9 Å². The average Bonchev–Trinajstić information content (AvgIpc) is 2.68. The zero-order valence-corrected chi connectivity index (χ0v) is 15.8. The lowest BCUT2D eigenvalue weighted by Gasteiger charge is -2.43. The quantitative estimate of drug-likeness (QED) is 0.748. The van der Waals surface area contributed by atoms with Gasteiger partial charge in [0.2, 0.25) is 5.91 Å². The molecular weight excluding hydrogens is 342 g/mol. The molecule has 0 radical (unpaired) electrons. The summed E-state index contributed by atoms with van der Waals surface area (Å²) in [5.41, 5.74) is 0.334. The molecular formula is C19H27N7O. The van der Waals surface area contributed by atoms with E-state index in [-0.39, 0.29) is 5.91 Å². The van der Waals surface area contributed by atoms with Crippen molar-refractivity contribution in [3.63, 3.8) is 0 Å². The van der Waals surface area contributed by atoms with Crippen molar-refractivity contribution < 1.29 is 4.79 Å². The van der Waals surface area contributed by atoms with E-state index in [0.29, 0.717) is 12.2 Å². The van der Waals surface area contributed by atoms with E-state index in [1.165, 1.54) is 25.5 Å². The summed E-state index contributed by atoms with van der Waals surface area (Å²) in [6, 6.07) is 2.77. The fourth-order valence-electron chi connectivity index (χ4n) is 4.06. The average molecular weight is 369 g/mol. The number of amides is 1. The Labute approximate surface area is 160 Å². The standard InChI is InChI=1S/C19H27N7O/c20-12-16-13-22-18(14-21-16)25-6-4-23(5-7-25)15-19(27)26-10-8-24(9-11-26)17-2-1-3-17/h13-14,17H,1-11,15H2. The minimum absolute atomic E-state index is 0.259. The molecule has 2 aliphatic heterocycles. The van der Waals surface area contributed by atoms with Crippen LogP contribution in [0.15, 0.2) is 12.4 Å². The van der Waals surface area contributed by atoms with Crippen LogP contribution in [0.3, 0.4) is 0 Å². The van der Waals surface area contributed by atoms with E-state index >= 15 is 0 Å². The van der Waals surface area contributed by atoms with Gasteiger partial charge in [-0.25, -0.2) is 9.97 Å². The monoisotopic (exact) mass is 369 g/mol. The van der Waals surface area contributed by atoms with Crippen molar-refractivity contribution in [2.45, 2.75) is 25.3 Å². The third-order valence-electron chi connectivity index (χ3n) is 6.07. The second-order valence-corrected chi connectivity index (χ2v) is 7.64. The van der Waals surface area contributed by atoms with Gasteiger partial charge in [-0.05, 0) is 12.8 Å². The molecule has 3 heterocycles. The Morgan fingerprint density at radius 2 is 1.78 bits per heavy atom. The molecule has 1 aromatic heterocycles. The number of nitrogens with zero attached hydrogens (tertiary/aromatic N) is 7. The fourth-order valence-corrected chi connectivity index (χ4v) is 4.06. The SMILES string of the molecule is N#Cc1cnc(N2CCN(CC(=O)N3CCN(C4CCC4)CC3)CC2)cn1. The number of carbonyl (C=O) groups is 1. The molecule has 1 saturated carbocycles. The molecule has 0 aromatic carbocycles. The number of aromatic nitrogens is 2. The smallest absolute Gasteiger partial charge is 0.236 e. The van der Waals surface area contributed by atoms with Gasteiger partial charge in [0.15, 0.2) is 5.69 Å². The van der Waals surface area contributed by atoms with Crippen LogP contribution in [0.2, 0.25) is 0 Å². The molecule has 2 saturated heterocycles. The van der Waals surface area contributed by atoms with Crippen LogP contribution in [0.1, 0.15) is 25.0 Å². The van der Waals surface area contributed by atoms with Crippen molar-refractivity contribution in [2.24, 2.45) is 0 Å². The van der Waals surface area contributed by atoms with Gasteiger partial charge in [-0.3, -0.25) is 14.6 Å². The predicted octanol–water partition coefficient (Wildman–Crippen LogP) is 0.167. The molecule has 3 aliphatic rings. The summed E-state index contributed by atoms with van der Waals surface area (Å²) in [7, 11) is 0. The van der Waals surface area contributed by atoms with Crippen LogP contribution in [0.5, 0.6) is 0 Å². The summed E-state index contributed by atoms with van der Waals surface area (Å²) in [6.45, 7) is 7.64. The molecule has 0 N–H and O–H groups in total. The molecule has 0 atom stereocenters. The first-order chi connectivity index (χ1) is 13.2. The van der Waals surface area contributed by atoms with E-state index in [9.17, 15) is 4.79 Å². The van der Waals surface area contributed by atoms with Crippen molar-refractivity contribution in [3.05, 3.63) is 18.1 Å². The number of nitriles is 1. The maximum atomic E-state index is 12.6. The number of hydrogen-bond acceptors (Lipinski definition) is 7. The van der Waals surface area contributed by atoms with Crippen LogP contribution in [0.25, 0.3) is 0 Å². The molecule has 0 spiro atoms. The van der Waals surface area contributed by atoms with Crippen molar-refractivity contribution in [1.82, 2.24) is 24.7 Å². The Bertz CT molecular complexity index is 681. The lowest BCUT2D eigenvalue weighted by molar-refractivity contribution is -0.134. The van der Waals surface area contributed by atoms with Crippen LogP contribution in [0.4, 0.5) is 5.82 Å². The Balaban J connectivity index is 1.21. The Kier molecular flexibility index (Phi) is 5.50. The summed E-state index contributed by atoms with van der Waals surface area (Å²) in [5, 5.41) is 8.81. The molecule has 4 rings (SSSR count). The van der Waals surface area contributed by atoms with Crippen LogP contribution in [0, 0.1) is 11.3 Å². The Morgan fingerprint density at radius 1 is 1.04 bits per heavy atom. The Morgan fingerprint density at radius 3 is 2.33 bits per heavy atom. The van der Waals surface area contributed by atoms with Crippen molar-refractivity contribution in [2.75, 3.05) is 63.8 Å². The van der Waals surface area contributed by atoms with Crippen molar-refractivity contribution in [1.29, 1.82) is 5.26 Å². The summed E-state index contributed by atoms with van der Waals surface area (Å²) in [6.07, 6.45) is 7.20. The van der Waals surface area contributed by atoms with E-state index in [0.717, 1.165) is 64.2 Å². The largest absolute Gasteiger partial charge is 0.353 e. The lowest BCUT2D eigenvalue weighted by atomic mass is 9.91. The second kappa shape index (κ2) is 8.19. The van der Waals surface area contributed by atoms with Crippen molar-refractivity contribution >= 4 is 11.7 Å². The highest BCUT2D eigenvalue weighted by Gasteiger charge is 2.30. The summed E-state index contributed by atoms with van der Waals surface area (Å²) >= 11 is 0. The van der Waals surface area contributed by atoms with E-state index in [1.807, 2.05) is 11.0 Å². The zero-order chi connectivity index (χ0) is 18.6. The maximum absolute atomic E-state index is 12.6. The molecule has 1 amide bonds. The molecule has 1 aromatic rings. The van der Waals surface area contributed by atoms with E-state index in [2.05, 4.69) is 24.7 Å². The van der Waals surface area contributed by atoms with Gasteiger partial charge >= 0.3 is 0 Å². The molecule has 27 heavy (non-hydrogen) atoms. The third kappa shape index (κ3) is 4.20. The predicted molar refractivity (Wildman–Crippen MR) is 101 cm³/mol. The summed E-state index contributed by atoms with van der Waals surface area (Å²) in [4.78, 5) is 30.0. The highest BCUT2D eigenvalue weighted by molar-refractivity contribution is 5.78. The van der Waals surface area contributed by atoms with Crippen LogP contribution < -0.4 is 4.90 Å². The van der Waals surface area contributed by atoms with Crippen molar-refractivity contribution in [3.8, 4) is 6.07 Å². The first kappa shape index (κ1) is 18.1. The second-order valence-electron chi connectivity index (χ2n) is 7.64. The van der Waals surface area contributed by atoms with E-state index in [4.69, 9.17) is 5.26 Å². The molecule has 144 valence electrons. The zero-order valence-electron chi connectivity index (χ0n) is 15.8. The van der Waals surface area contributed by atoms with Gasteiger partial charge in [-0.15, -0.1) is 0 Å². The van der Waals surface area contributed by atoms with Gasteiger partial charge in [0, 0.05) is 58.4 Å². The van der Waals surface area contributed by atoms with E-state index < -0.39 is 0 Å². The maximum Gasteiger partial charge on any atom is 0.236 e. The number of piperazine rings is 2.